The first-order valence-electron chi connectivity index (χ1n) is 18.2. The molecule has 0 saturated heterocycles. The number of benzene rings is 6. The van der Waals surface area contributed by atoms with Gasteiger partial charge in [-0.05, 0) is 0 Å². The van der Waals surface area contributed by atoms with E-state index in [1.165, 1.54) is 4.40 Å². The number of hydrogen-bond donors (Lipinski definition) is 1. The van der Waals surface area contributed by atoms with Gasteiger partial charge < -0.3 is 0 Å². The number of aromatic hydroxyl groups is 1. The maximum atomic E-state index is 11.6. The quantitative estimate of drug-likeness (QED) is 0.178. The van der Waals surface area contributed by atoms with Crippen LogP contribution >= 0.6 is 0 Å². The van der Waals surface area contributed by atoms with Gasteiger partial charge in [0, 0.05) is 0 Å². The van der Waals surface area contributed by atoms with E-state index in [0.717, 1.165) is 78.1 Å². The molecule has 1 aliphatic rings. The van der Waals surface area contributed by atoms with Crippen LogP contribution in [0.1, 0.15) is 26.3 Å². The minimum atomic E-state index is -2.55. The second-order valence-corrected chi connectivity index (χ2v) is 26.6. The summed E-state index contributed by atoms with van der Waals surface area (Å²) in [4.78, 5) is 10.5. The van der Waals surface area contributed by atoms with Crippen molar-refractivity contribution >= 4 is 39.5 Å². The van der Waals surface area contributed by atoms with Crippen molar-refractivity contribution in [1.29, 1.82) is 0 Å². The van der Waals surface area contributed by atoms with Crippen molar-refractivity contribution in [3.63, 3.8) is 0 Å². The Labute approximate surface area is 312 Å². The third kappa shape index (κ3) is 5.53. The average Bonchev–Trinajstić information content (AvgIpc) is 3.54. The molecule has 0 atom stereocenters. The summed E-state index contributed by atoms with van der Waals surface area (Å²) >= 11 is -2.55. The van der Waals surface area contributed by atoms with Crippen molar-refractivity contribution in [2.75, 3.05) is 0 Å². The van der Waals surface area contributed by atoms with Gasteiger partial charge in [0.2, 0.25) is 0 Å². The monoisotopic (exact) mass is 753 g/mol. The number of pyridine rings is 1. The molecule has 1 aliphatic heterocycles. The molecule has 6 aromatic carbocycles. The van der Waals surface area contributed by atoms with Crippen LogP contribution in [0.15, 0.2) is 134 Å². The summed E-state index contributed by atoms with van der Waals surface area (Å²) in [5.41, 5.74) is 10.8. The van der Waals surface area contributed by atoms with Crippen molar-refractivity contribution in [1.82, 2.24) is 14.5 Å². The van der Waals surface area contributed by atoms with Crippen LogP contribution < -0.4 is 9.13 Å². The molecule has 0 radical (unpaired) electrons. The topological polar surface area (TPSA) is 60.2 Å². The van der Waals surface area contributed by atoms with Crippen molar-refractivity contribution in [3.05, 3.63) is 139 Å². The van der Waals surface area contributed by atoms with E-state index in [1.807, 2.05) is 18.3 Å². The van der Waals surface area contributed by atoms with Crippen molar-refractivity contribution in [2.24, 2.45) is 0 Å². The van der Waals surface area contributed by atoms with Crippen LogP contribution in [-0.2, 0) is 5.41 Å². The van der Waals surface area contributed by atoms with E-state index in [0.29, 0.717) is 11.4 Å². The van der Waals surface area contributed by atoms with Crippen LogP contribution in [0.25, 0.3) is 72.4 Å². The molecular weight excluding hydrogens is 711 g/mol. The number of phenols is 1. The molecule has 0 fully saturated rings. The van der Waals surface area contributed by atoms with Crippen molar-refractivity contribution < 1.29 is 9.84 Å². The summed E-state index contributed by atoms with van der Waals surface area (Å²) in [6.45, 7) is 6.58. The van der Waals surface area contributed by atoms with Crippen LogP contribution in [0, 0.1) is 0 Å². The molecule has 0 spiro atoms. The van der Waals surface area contributed by atoms with Gasteiger partial charge >= 0.3 is 308 Å². The van der Waals surface area contributed by atoms with Gasteiger partial charge in [-0.2, -0.15) is 0 Å². The predicted molar refractivity (Wildman–Crippen MR) is 222 cm³/mol. The molecule has 0 bridgehead atoms. The summed E-state index contributed by atoms with van der Waals surface area (Å²) in [6, 6.07) is 44.1. The first kappa shape index (κ1) is 33.2. The summed E-state index contributed by atoms with van der Waals surface area (Å²) in [6.07, 6.45) is 1.90. The first-order valence-corrected chi connectivity index (χ1v) is 25.6. The van der Waals surface area contributed by atoms with E-state index >= 15 is 0 Å². The molecule has 2 aromatic heterocycles. The number of aromatic nitrogens is 3. The third-order valence-corrected chi connectivity index (χ3v) is 14.6. The predicted octanol–water partition coefficient (Wildman–Crippen LogP) is 11.9. The van der Waals surface area contributed by atoms with Crippen molar-refractivity contribution in [2.45, 2.75) is 43.5 Å². The summed E-state index contributed by atoms with van der Waals surface area (Å²) in [5, 5.41) is 13.7. The van der Waals surface area contributed by atoms with Gasteiger partial charge in [-0.3, -0.25) is 0 Å². The Bertz CT molecular complexity index is 2730. The zero-order valence-electron chi connectivity index (χ0n) is 30.9. The number of rotatable bonds is 5. The SMILES string of the molecule is CC(C)(C)c1ccc(O)c(-c2nc3c(-c4cc5c([c]([Ge]([CH3])([CH3])[CH3])c4)Oc4cccc6ccnc-5c46)cccc3n2-c2ccccc2-c2ccccc2)c1. The Hall–Kier alpha value is -5.66. The van der Waals surface area contributed by atoms with Crippen LogP contribution in [-0.4, -0.2) is 32.9 Å². The number of imidazole rings is 1. The van der Waals surface area contributed by atoms with E-state index in [1.54, 1.807) is 6.07 Å². The Morgan fingerprint density at radius 2 is 1.43 bits per heavy atom. The number of nitrogens with zero attached hydrogens (tertiary/aromatic N) is 3. The molecule has 53 heavy (non-hydrogen) atoms. The van der Waals surface area contributed by atoms with Crippen LogP contribution in [0.2, 0.25) is 17.3 Å². The second-order valence-electron chi connectivity index (χ2n) is 16.1. The number of para-hydroxylation sites is 2. The molecule has 9 rings (SSSR count). The summed E-state index contributed by atoms with van der Waals surface area (Å²) < 4.78 is 10.3. The molecule has 3 heterocycles. The molecule has 6 heteroatoms. The van der Waals surface area contributed by atoms with E-state index < -0.39 is 13.3 Å². The minimum absolute atomic E-state index is 0.123. The molecule has 8 aromatic rings. The fourth-order valence-corrected chi connectivity index (χ4v) is 10.7. The van der Waals surface area contributed by atoms with Gasteiger partial charge in [-0.1, -0.05) is 6.07 Å². The molecular formula is C47H41GeN3O2. The molecule has 260 valence electrons. The molecule has 0 unspecified atom stereocenters. The number of phenolic OH excluding ortho intramolecular Hbond substituents is 1. The Morgan fingerprint density at radius 3 is 2.23 bits per heavy atom. The fourth-order valence-electron chi connectivity index (χ4n) is 7.69. The molecule has 0 amide bonds. The number of ether oxygens (including phenoxy) is 1. The number of fused-ring (bicyclic) bond motifs is 3. The van der Waals surface area contributed by atoms with Crippen LogP contribution in [0.3, 0.4) is 0 Å². The Balaban J connectivity index is 1.36. The fraction of sp³-hybridized carbons (Fsp3) is 0.149. The van der Waals surface area contributed by atoms with Gasteiger partial charge in [0.15, 0.2) is 0 Å². The standard InChI is InChI=1S/C47H41GeN3O2/c1-47(2,3)32-22-23-40(52)35(28-32)46-50-43-34(18-13-20-39(43)51(46)38-19-11-10-17-33(38)29-14-8-7-9-15-29)31-26-36-44-42-30(24-25-49-44)16-12-21-41(42)53-45(36)37(27-31)48(4,5)6/h7-28,52H,1-6H3. The summed E-state index contributed by atoms with van der Waals surface area (Å²) in [5.74, 6) is 9.91. The zero-order chi connectivity index (χ0) is 36.6. The first-order chi connectivity index (χ1) is 25.5. The molecule has 0 aliphatic carbocycles. The maximum absolute atomic E-state index is 11.6. The third-order valence-electron chi connectivity index (χ3n) is 10.4. The zero-order valence-corrected chi connectivity index (χ0v) is 33.0. The van der Waals surface area contributed by atoms with Crippen molar-refractivity contribution in [3.8, 4) is 67.8 Å². The van der Waals surface area contributed by atoms with Crippen LogP contribution in [0.5, 0.6) is 17.2 Å². The van der Waals surface area contributed by atoms with Gasteiger partial charge in [-0.15, -0.1) is 0 Å². The molecule has 0 saturated carbocycles. The molecule has 1 N–H and O–H groups in total. The van der Waals surface area contributed by atoms with Gasteiger partial charge in [0.05, 0.1) is 0 Å². The average molecular weight is 752 g/mol. The van der Waals surface area contributed by atoms with E-state index in [4.69, 9.17) is 14.7 Å². The van der Waals surface area contributed by atoms with Crippen LogP contribution in [0.4, 0.5) is 0 Å². The molecule has 5 nitrogen and oxygen atoms in total. The van der Waals surface area contributed by atoms with Gasteiger partial charge in [-0.25, -0.2) is 0 Å². The Kier molecular flexibility index (Phi) is 7.65. The number of hydrogen-bond acceptors (Lipinski definition) is 4. The van der Waals surface area contributed by atoms with Gasteiger partial charge in [0.1, 0.15) is 0 Å². The van der Waals surface area contributed by atoms with E-state index in [2.05, 4.69) is 152 Å². The van der Waals surface area contributed by atoms with Gasteiger partial charge in [0.25, 0.3) is 0 Å². The summed E-state index contributed by atoms with van der Waals surface area (Å²) in [7, 11) is 0. The second kappa shape index (κ2) is 12.2. The van der Waals surface area contributed by atoms with E-state index in [9.17, 15) is 5.11 Å². The normalized spacial score (nSPS) is 12.6. The van der Waals surface area contributed by atoms with E-state index in [-0.39, 0.29) is 11.2 Å². The Morgan fingerprint density at radius 1 is 0.679 bits per heavy atom.